The molecule has 0 spiro atoms. The SMILES string of the molecule is CC/C=C\C/C=C\C/C=C\C/C=C\CCCCCCCCCCCCCCCCC(=O)NC(COP(=O)([O-])OCC[N+](C)(C)C)C(O)CCCCCCCCCCCCCCCCCCCCCCCCCCCCCCC. The molecule has 0 radical (unpaired) electrons. The van der Waals surface area contributed by atoms with Crippen LogP contribution in [0.1, 0.15) is 335 Å². The molecule has 0 aromatic rings. The molecule has 0 aliphatic heterocycles. The summed E-state index contributed by atoms with van der Waals surface area (Å²) in [4.78, 5) is 25.7. The Hall–Kier alpha value is -1.54. The number of aliphatic hydroxyl groups excluding tert-OH is 1. The number of likely N-dealkylation sites (N-methyl/N-ethyl adjacent to an activating group) is 1. The molecule has 0 aliphatic carbocycles. The Labute approximate surface area is 486 Å². The van der Waals surface area contributed by atoms with Crippen LogP contribution in [0.4, 0.5) is 0 Å². The summed E-state index contributed by atoms with van der Waals surface area (Å²) in [7, 11) is 1.32. The van der Waals surface area contributed by atoms with E-state index in [1.165, 1.54) is 244 Å². The van der Waals surface area contributed by atoms with Crippen molar-refractivity contribution in [3.8, 4) is 0 Å². The van der Waals surface area contributed by atoms with E-state index in [9.17, 15) is 19.4 Å². The summed E-state index contributed by atoms with van der Waals surface area (Å²) in [5.74, 6) is -0.161. The normalized spacial score (nSPS) is 14.0. The van der Waals surface area contributed by atoms with Gasteiger partial charge in [-0.05, 0) is 51.4 Å². The second-order valence-electron chi connectivity index (χ2n) is 24.5. The first-order valence-corrected chi connectivity index (χ1v) is 35.4. The van der Waals surface area contributed by atoms with Crippen LogP contribution in [-0.4, -0.2) is 68.5 Å². The van der Waals surface area contributed by atoms with Gasteiger partial charge in [-0.2, -0.15) is 0 Å². The van der Waals surface area contributed by atoms with Crippen LogP contribution in [0.3, 0.4) is 0 Å². The fourth-order valence-electron chi connectivity index (χ4n) is 10.3. The molecule has 0 heterocycles. The van der Waals surface area contributed by atoms with Crippen LogP contribution in [0.2, 0.25) is 0 Å². The van der Waals surface area contributed by atoms with Crippen LogP contribution in [0.25, 0.3) is 0 Å². The van der Waals surface area contributed by atoms with E-state index in [2.05, 4.69) is 67.8 Å². The van der Waals surface area contributed by atoms with Crippen LogP contribution in [0, 0.1) is 0 Å². The second-order valence-corrected chi connectivity index (χ2v) is 25.9. The monoisotopic (exact) mass is 1120 g/mol. The Morgan fingerprint density at radius 3 is 1.14 bits per heavy atom. The van der Waals surface area contributed by atoms with Crippen molar-refractivity contribution in [2.24, 2.45) is 0 Å². The summed E-state index contributed by atoms with van der Waals surface area (Å²) in [6.45, 7) is 4.66. The first-order valence-electron chi connectivity index (χ1n) is 34.0. The van der Waals surface area contributed by atoms with E-state index >= 15 is 0 Å². The molecule has 9 heteroatoms. The molecule has 2 N–H and O–H groups in total. The number of unbranched alkanes of at least 4 members (excludes halogenated alkanes) is 42. The minimum absolute atomic E-state index is 0.0124. The minimum atomic E-state index is -4.58. The number of carbonyl (C=O) groups is 1. The average molecular weight is 1120 g/mol. The second kappa shape index (κ2) is 60.1. The molecular weight excluding hydrogens is 984 g/mol. The number of rotatable bonds is 63. The smallest absolute Gasteiger partial charge is 0.268 e. The van der Waals surface area contributed by atoms with Crippen molar-refractivity contribution in [1.29, 1.82) is 0 Å². The Morgan fingerprint density at radius 2 is 0.782 bits per heavy atom. The van der Waals surface area contributed by atoms with Crippen LogP contribution < -0.4 is 10.2 Å². The van der Waals surface area contributed by atoms with Gasteiger partial charge in [-0.3, -0.25) is 9.36 Å². The third-order valence-corrected chi connectivity index (χ3v) is 16.5. The third-order valence-electron chi connectivity index (χ3n) is 15.6. The molecule has 0 saturated carbocycles. The van der Waals surface area contributed by atoms with Crippen molar-refractivity contribution < 1.29 is 32.9 Å². The van der Waals surface area contributed by atoms with E-state index in [4.69, 9.17) is 9.05 Å². The van der Waals surface area contributed by atoms with E-state index in [1.807, 2.05) is 21.1 Å². The zero-order valence-corrected chi connectivity index (χ0v) is 53.5. The molecule has 0 aliphatic rings. The molecule has 0 fully saturated rings. The van der Waals surface area contributed by atoms with E-state index in [0.717, 1.165) is 64.2 Å². The van der Waals surface area contributed by atoms with Crippen molar-refractivity contribution >= 4 is 13.7 Å². The van der Waals surface area contributed by atoms with Gasteiger partial charge in [0, 0.05) is 6.42 Å². The molecular formula is C69H133N2O6P. The van der Waals surface area contributed by atoms with Crippen LogP contribution in [-0.2, 0) is 18.4 Å². The lowest BCUT2D eigenvalue weighted by Gasteiger charge is -2.30. The topological polar surface area (TPSA) is 108 Å². The summed E-state index contributed by atoms with van der Waals surface area (Å²) >= 11 is 0. The maximum absolute atomic E-state index is 13.0. The summed E-state index contributed by atoms with van der Waals surface area (Å²) in [6.07, 6.45) is 80.3. The molecule has 8 nitrogen and oxygen atoms in total. The molecule has 3 atom stereocenters. The standard InChI is InChI=1S/C69H133N2O6P/c1-6-8-10-12-14-16-18-20-22-24-26-28-30-32-34-35-37-38-40-42-44-46-48-50-52-54-56-58-60-62-68(72)67(66-77-78(74,75)76-65-64-71(3,4)5)70-69(73)63-61-59-57-55-53-51-49-47-45-43-41-39-36-33-31-29-27-25-23-21-19-17-15-13-11-9-7-2/h9,11,15,17,21,23,27,29,67-68,72H,6-8,10,12-14,16,18-20,22,24-26,28,30-66H2,1-5H3,(H-,70,73,74,75)/b11-9-,17-15-,23-21-,29-27-. The molecule has 0 bridgehead atoms. The lowest BCUT2D eigenvalue weighted by molar-refractivity contribution is -0.870. The van der Waals surface area contributed by atoms with Crippen molar-refractivity contribution in [3.63, 3.8) is 0 Å². The largest absolute Gasteiger partial charge is 0.756 e. The third kappa shape index (κ3) is 62.1. The molecule has 0 saturated heterocycles. The molecule has 460 valence electrons. The number of hydrogen-bond acceptors (Lipinski definition) is 6. The highest BCUT2D eigenvalue weighted by Crippen LogP contribution is 2.38. The summed E-state index contributed by atoms with van der Waals surface area (Å²) < 4.78 is 23.5. The number of carbonyl (C=O) groups excluding carboxylic acids is 1. The number of nitrogens with one attached hydrogen (secondary N) is 1. The predicted octanol–water partition coefficient (Wildman–Crippen LogP) is 20.8. The highest BCUT2D eigenvalue weighted by Gasteiger charge is 2.24. The number of phosphoric ester groups is 1. The molecule has 78 heavy (non-hydrogen) atoms. The molecule has 1 amide bonds. The zero-order valence-electron chi connectivity index (χ0n) is 52.6. The maximum Gasteiger partial charge on any atom is 0.268 e. The van der Waals surface area contributed by atoms with Gasteiger partial charge in [-0.25, -0.2) is 0 Å². The van der Waals surface area contributed by atoms with Gasteiger partial charge >= 0.3 is 0 Å². The molecule has 0 aromatic heterocycles. The number of phosphoric acid groups is 1. The lowest BCUT2D eigenvalue weighted by Crippen LogP contribution is -2.46. The zero-order chi connectivity index (χ0) is 57.0. The van der Waals surface area contributed by atoms with E-state index in [-0.39, 0.29) is 19.1 Å². The fraction of sp³-hybridized carbons (Fsp3) is 0.870. The average Bonchev–Trinajstić information content (AvgIpc) is 3.41. The van der Waals surface area contributed by atoms with Gasteiger partial charge in [0.1, 0.15) is 13.2 Å². The Balaban J connectivity index is 4.04. The molecule has 3 unspecified atom stereocenters. The number of allylic oxidation sites excluding steroid dienone is 8. The van der Waals surface area contributed by atoms with Crippen molar-refractivity contribution in [1.82, 2.24) is 5.32 Å². The number of hydrogen-bond donors (Lipinski definition) is 2. The highest BCUT2D eigenvalue weighted by atomic mass is 31.2. The number of aliphatic hydroxyl groups is 1. The minimum Gasteiger partial charge on any atom is -0.756 e. The summed E-state index contributed by atoms with van der Waals surface area (Å²) in [5, 5.41) is 14.1. The highest BCUT2D eigenvalue weighted by molar-refractivity contribution is 7.45. The Kier molecular flexibility index (Phi) is 58.9. The predicted molar refractivity (Wildman–Crippen MR) is 339 cm³/mol. The molecule has 0 rings (SSSR count). The van der Waals surface area contributed by atoms with Crippen molar-refractivity contribution in [2.75, 3.05) is 40.9 Å². The van der Waals surface area contributed by atoms with Crippen LogP contribution in [0.5, 0.6) is 0 Å². The quantitative estimate of drug-likeness (QED) is 0.0272. The first-order chi connectivity index (χ1) is 38.0. The van der Waals surface area contributed by atoms with Gasteiger partial charge in [0.25, 0.3) is 7.82 Å². The van der Waals surface area contributed by atoms with Crippen molar-refractivity contribution in [2.45, 2.75) is 347 Å². The van der Waals surface area contributed by atoms with Crippen molar-refractivity contribution in [3.05, 3.63) is 48.6 Å². The number of amides is 1. The van der Waals surface area contributed by atoms with E-state index < -0.39 is 20.0 Å². The van der Waals surface area contributed by atoms with E-state index in [0.29, 0.717) is 23.9 Å². The van der Waals surface area contributed by atoms with Gasteiger partial charge < -0.3 is 28.8 Å². The molecule has 0 aromatic carbocycles. The van der Waals surface area contributed by atoms with Crippen LogP contribution >= 0.6 is 7.82 Å². The summed E-state index contributed by atoms with van der Waals surface area (Å²) in [6, 6.07) is -0.804. The number of nitrogens with zero attached hydrogens (tertiary/aromatic N) is 1. The Morgan fingerprint density at radius 1 is 0.462 bits per heavy atom. The fourth-order valence-corrected chi connectivity index (χ4v) is 11.1. The maximum atomic E-state index is 13.0. The van der Waals surface area contributed by atoms with Crippen LogP contribution in [0.15, 0.2) is 48.6 Å². The van der Waals surface area contributed by atoms with Gasteiger partial charge in [-0.1, -0.05) is 326 Å². The number of quaternary nitrogens is 1. The summed E-state index contributed by atoms with van der Waals surface area (Å²) in [5.41, 5.74) is 0. The van der Waals surface area contributed by atoms with Gasteiger partial charge in [-0.15, -0.1) is 0 Å². The van der Waals surface area contributed by atoms with Gasteiger partial charge in [0.05, 0.1) is 39.9 Å². The van der Waals surface area contributed by atoms with Gasteiger partial charge in [0.15, 0.2) is 0 Å². The Bertz CT molecular complexity index is 1410. The first kappa shape index (κ1) is 76.5. The van der Waals surface area contributed by atoms with E-state index in [1.54, 1.807) is 0 Å². The lowest BCUT2D eigenvalue weighted by atomic mass is 10.0. The van der Waals surface area contributed by atoms with Gasteiger partial charge in [0.2, 0.25) is 5.91 Å².